The second-order valence-electron chi connectivity index (χ2n) is 4.76. The van der Waals surface area contributed by atoms with Crippen LogP contribution < -0.4 is 0 Å². The molecule has 0 aromatic rings. The van der Waals surface area contributed by atoms with Crippen LogP contribution in [0, 0.1) is 5.92 Å². The molecule has 0 spiro atoms. The van der Waals surface area contributed by atoms with E-state index in [1.54, 1.807) is 0 Å². The molecular formula is C10H20OSi. The quantitative estimate of drug-likeness (QED) is 0.596. The fourth-order valence-corrected chi connectivity index (χ4v) is 2.54. The maximum atomic E-state index is 6.00. The molecule has 1 atom stereocenters. The average molecular weight is 184 g/mol. The first-order chi connectivity index (χ1) is 5.40. The maximum absolute atomic E-state index is 6.00. The highest BCUT2D eigenvalue weighted by atomic mass is 28.4. The van der Waals surface area contributed by atoms with Crippen molar-refractivity contribution in [2.24, 2.45) is 5.92 Å². The van der Waals surface area contributed by atoms with Crippen LogP contribution in [0.3, 0.4) is 0 Å². The molecule has 1 rings (SSSR count). The lowest BCUT2D eigenvalue weighted by Crippen LogP contribution is -2.24. The predicted molar refractivity (Wildman–Crippen MR) is 55.5 cm³/mol. The van der Waals surface area contributed by atoms with Gasteiger partial charge in [0.2, 0.25) is 8.32 Å². The molecule has 0 heterocycles. The van der Waals surface area contributed by atoms with E-state index in [2.05, 4.69) is 33.5 Å². The average Bonchev–Trinajstić information content (AvgIpc) is 2.16. The first-order valence-electron chi connectivity index (χ1n) is 4.79. The Balaban J connectivity index is 2.65. The first-order valence-corrected chi connectivity index (χ1v) is 8.19. The van der Waals surface area contributed by atoms with E-state index < -0.39 is 8.32 Å². The zero-order chi connectivity index (χ0) is 9.35. The molecule has 1 nitrogen and oxygen atoms in total. The molecule has 0 amide bonds. The van der Waals surface area contributed by atoms with Crippen LogP contribution in [-0.2, 0) is 4.43 Å². The van der Waals surface area contributed by atoms with Gasteiger partial charge in [-0.2, -0.15) is 0 Å². The highest BCUT2D eigenvalue weighted by Gasteiger charge is 2.24. The molecule has 12 heavy (non-hydrogen) atoms. The summed E-state index contributed by atoms with van der Waals surface area (Å²) in [5.41, 5.74) is 1.48. The molecule has 0 N–H and O–H groups in total. The monoisotopic (exact) mass is 184 g/mol. The summed E-state index contributed by atoms with van der Waals surface area (Å²) in [5.74, 6) is 2.04. The Bertz CT molecular complexity index is 200. The molecule has 1 aliphatic carbocycles. The highest BCUT2D eigenvalue weighted by Crippen LogP contribution is 2.33. The van der Waals surface area contributed by atoms with Crippen molar-refractivity contribution in [1.82, 2.24) is 0 Å². The third kappa shape index (κ3) is 2.37. The second kappa shape index (κ2) is 3.25. The molecule has 0 saturated heterocycles. The Morgan fingerprint density at radius 3 is 2.25 bits per heavy atom. The molecule has 0 bridgehead atoms. The van der Waals surface area contributed by atoms with E-state index in [0.717, 1.165) is 12.3 Å². The molecular weight excluding hydrogens is 164 g/mol. The Morgan fingerprint density at radius 1 is 1.33 bits per heavy atom. The fourth-order valence-electron chi connectivity index (χ4n) is 1.54. The third-order valence-corrected chi connectivity index (χ3v) is 3.27. The van der Waals surface area contributed by atoms with E-state index in [-0.39, 0.29) is 0 Å². The molecule has 0 radical (unpaired) electrons. The van der Waals surface area contributed by atoms with Crippen LogP contribution >= 0.6 is 0 Å². The zero-order valence-electron chi connectivity index (χ0n) is 8.90. The largest absolute Gasteiger partial charge is 0.547 e. The first kappa shape index (κ1) is 9.84. The van der Waals surface area contributed by atoms with Crippen LogP contribution in [-0.4, -0.2) is 8.32 Å². The lowest BCUT2D eigenvalue weighted by molar-refractivity contribution is 0.404. The minimum Gasteiger partial charge on any atom is -0.547 e. The van der Waals surface area contributed by atoms with Crippen LogP contribution in [0.25, 0.3) is 0 Å². The molecule has 0 aliphatic heterocycles. The minimum atomic E-state index is -1.35. The van der Waals surface area contributed by atoms with E-state index in [0.29, 0.717) is 0 Å². The molecule has 70 valence electrons. The summed E-state index contributed by atoms with van der Waals surface area (Å²) in [4.78, 5) is 0. The van der Waals surface area contributed by atoms with Crippen molar-refractivity contribution < 1.29 is 4.43 Å². The fraction of sp³-hybridized carbons (Fsp3) is 0.800. The summed E-state index contributed by atoms with van der Waals surface area (Å²) in [5, 5.41) is 0. The summed E-state index contributed by atoms with van der Waals surface area (Å²) >= 11 is 0. The number of rotatable bonds is 2. The number of allylic oxidation sites excluding steroid dienone is 2. The van der Waals surface area contributed by atoms with Gasteiger partial charge >= 0.3 is 0 Å². The lowest BCUT2D eigenvalue weighted by atomic mass is 10.1. The van der Waals surface area contributed by atoms with Crippen LogP contribution in [0.4, 0.5) is 0 Å². The van der Waals surface area contributed by atoms with E-state index in [4.69, 9.17) is 4.43 Å². The van der Waals surface area contributed by atoms with Gasteiger partial charge in [-0.15, -0.1) is 0 Å². The minimum absolute atomic E-state index is 0.747. The van der Waals surface area contributed by atoms with Gasteiger partial charge in [0.05, 0.1) is 5.76 Å². The van der Waals surface area contributed by atoms with Crippen molar-refractivity contribution in [3.05, 3.63) is 11.3 Å². The van der Waals surface area contributed by atoms with Gasteiger partial charge in [-0.05, 0) is 44.5 Å². The van der Waals surface area contributed by atoms with Crippen molar-refractivity contribution in [2.45, 2.75) is 46.3 Å². The summed E-state index contributed by atoms with van der Waals surface area (Å²) in [6, 6.07) is 0. The smallest absolute Gasteiger partial charge is 0.241 e. The van der Waals surface area contributed by atoms with Crippen molar-refractivity contribution in [2.75, 3.05) is 0 Å². The van der Waals surface area contributed by atoms with E-state index in [1.807, 2.05) is 0 Å². The highest BCUT2D eigenvalue weighted by molar-refractivity contribution is 6.70. The lowest BCUT2D eigenvalue weighted by Gasteiger charge is -2.21. The van der Waals surface area contributed by atoms with Crippen molar-refractivity contribution in [1.29, 1.82) is 0 Å². The molecule has 2 heteroatoms. The molecule has 1 aliphatic rings. The SMILES string of the molecule is CC1=C(O[Si](C)(C)C)CC[C@H]1C. The summed E-state index contributed by atoms with van der Waals surface area (Å²) in [6.07, 6.45) is 2.45. The van der Waals surface area contributed by atoms with Gasteiger partial charge in [-0.1, -0.05) is 6.92 Å². The van der Waals surface area contributed by atoms with Gasteiger partial charge in [-0.25, -0.2) is 0 Å². The van der Waals surface area contributed by atoms with Crippen LogP contribution in [0.2, 0.25) is 19.6 Å². The van der Waals surface area contributed by atoms with Crippen molar-refractivity contribution in [3.8, 4) is 0 Å². The van der Waals surface area contributed by atoms with Crippen molar-refractivity contribution >= 4 is 8.32 Å². The zero-order valence-corrected chi connectivity index (χ0v) is 9.90. The van der Waals surface area contributed by atoms with Gasteiger partial charge in [0.15, 0.2) is 0 Å². The van der Waals surface area contributed by atoms with Gasteiger partial charge in [0.25, 0.3) is 0 Å². The summed E-state index contributed by atoms with van der Waals surface area (Å²) in [6.45, 7) is 11.2. The standard InChI is InChI=1S/C10H20OSi/c1-8-6-7-10(9(8)2)11-12(3,4)5/h8H,6-7H2,1-5H3/t8-/m1/s1. The van der Waals surface area contributed by atoms with Crippen LogP contribution in [0.1, 0.15) is 26.7 Å². The second-order valence-corrected chi connectivity index (χ2v) is 9.19. The topological polar surface area (TPSA) is 9.23 Å². The Labute approximate surface area is 76.9 Å². The number of hydrogen-bond donors (Lipinski definition) is 0. The van der Waals surface area contributed by atoms with E-state index in [1.165, 1.54) is 17.8 Å². The molecule has 0 unspecified atom stereocenters. The van der Waals surface area contributed by atoms with E-state index >= 15 is 0 Å². The Hall–Kier alpha value is -0.243. The Morgan fingerprint density at radius 2 is 1.92 bits per heavy atom. The molecule has 0 aromatic carbocycles. The van der Waals surface area contributed by atoms with Gasteiger partial charge < -0.3 is 4.43 Å². The van der Waals surface area contributed by atoms with Crippen LogP contribution in [0.5, 0.6) is 0 Å². The third-order valence-electron chi connectivity index (χ3n) is 2.41. The van der Waals surface area contributed by atoms with E-state index in [9.17, 15) is 0 Å². The maximum Gasteiger partial charge on any atom is 0.241 e. The molecule has 0 saturated carbocycles. The normalized spacial score (nSPS) is 24.9. The number of hydrogen-bond acceptors (Lipinski definition) is 1. The molecule has 0 aromatic heterocycles. The van der Waals surface area contributed by atoms with Gasteiger partial charge in [-0.3, -0.25) is 0 Å². The van der Waals surface area contributed by atoms with Crippen LogP contribution in [0.15, 0.2) is 11.3 Å². The molecule has 0 fully saturated rings. The van der Waals surface area contributed by atoms with Gasteiger partial charge in [0, 0.05) is 6.42 Å². The van der Waals surface area contributed by atoms with Crippen molar-refractivity contribution in [3.63, 3.8) is 0 Å². The Kier molecular flexibility index (Phi) is 2.66. The summed E-state index contributed by atoms with van der Waals surface area (Å²) in [7, 11) is -1.35. The summed E-state index contributed by atoms with van der Waals surface area (Å²) < 4.78 is 6.00. The van der Waals surface area contributed by atoms with Gasteiger partial charge in [0.1, 0.15) is 0 Å². The predicted octanol–water partition coefficient (Wildman–Crippen LogP) is 3.54.